The average Bonchev–Trinajstić information content (AvgIpc) is 2.33. The molecular formula is C13H20BrClN2O. The molecule has 3 nitrogen and oxygen atoms in total. The van der Waals surface area contributed by atoms with Gasteiger partial charge in [-0.3, -0.25) is 4.79 Å². The van der Waals surface area contributed by atoms with Gasteiger partial charge in [0, 0.05) is 30.5 Å². The van der Waals surface area contributed by atoms with Crippen molar-refractivity contribution in [3.05, 3.63) is 34.3 Å². The number of benzene rings is 1. The maximum absolute atomic E-state index is 11.9. The van der Waals surface area contributed by atoms with Crippen LogP contribution < -0.4 is 5.32 Å². The molecule has 0 aliphatic rings. The zero-order valence-corrected chi connectivity index (χ0v) is 13.2. The van der Waals surface area contributed by atoms with E-state index in [2.05, 4.69) is 21.2 Å². The molecule has 0 saturated carbocycles. The topological polar surface area (TPSA) is 32.3 Å². The molecule has 1 N–H and O–H groups in total. The molecule has 5 heteroatoms. The fourth-order valence-electron chi connectivity index (χ4n) is 1.62. The molecule has 1 rings (SSSR count). The van der Waals surface area contributed by atoms with Gasteiger partial charge in [0.1, 0.15) is 0 Å². The predicted molar refractivity (Wildman–Crippen MR) is 81.0 cm³/mol. The number of nitrogens with zero attached hydrogens (tertiary/aromatic N) is 1. The summed E-state index contributed by atoms with van der Waals surface area (Å²) in [7, 11) is 1.86. The normalized spacial score (nSPS) is 9.72. The molecule has 102 valence electrons. The minimum atomic E-state index is 0. The van der Waals surface area contributed by atoms with E-state index in [1.807, 2.05) is 43.1 Å². The quantitative estimate of drug-likeness (QED) is 0.867. The van der Waals surface area contributed by atoms with Gasteiger partial charge in [-0.15, -0.1) is 12.4 Å². The van der Waals surface area contributed by atoms with Crippen molar-refractivity contribution in [3.63, 3.8) is 0 Å². The molecule has 0 bridgehead atoms. The standard InChI is InChI=1S/C13H19BrN2O.ClH/c1-3-16(13(17)7-8-15-2)10-11-5-4-6-12(14)9-11;/h4-6,9,15H,3,7-8,10H2,1-2H3;1H. The van der Waals surface area contributed by atoms with Gasteiger partial charge in [0.25, 0.3) is 0 Å². The number of halogens is 2. The highest BCUT2D eigenvalue weighted by molar-refractivity contribution is 9.10. The van der Waals surface area contributed by atoms with Crippen LogP contribution in [0.4, 0.5) is 0 Å². The third kappa shape index (κ3) is 5.85. The third-order valence-electron chi connectivity index (χ3n) is 2.59. The molecule has 0 aliphatic heterocycles. The smallest absolute Gasteiger partial charge is 0.224 e. The van der Waals surface area contributed by atoms with E-state index in [9.17, 15) is 4.79 Å². The average molecular weight is 336 g/mol. The first-order valence-corrected chi connectivity index (χ1v) is 6.63. The molecule has 0 unspecified atom stereocenters. The largest absolute Gasteiger partial charge is 0.339 e. The van der Waals surface area contributed by atoms with Crippen LogP contribution in [0.15, 0.2) is 28.7 Å². The summed E-state index contributed by atoms with van der Waals surface area (Å²) in [6.45, 7) is 4.16. The Labute approximate surface area is 123 Å². The molecule has 1 aromatic carbocycles. The number of hydrogen-bond acceptors (Lipinski definition) is 2. The molecule has 0 aliphatic carbocycles. The highest BCUT2D eigenvalue weighted by Gasteiger charge is 2.11. The Morgan fingerprint density at radius 1 is 1.44 bits per heavy atom. The molecule has 1 aromatic rings. The van der Waals surface area contributed by atoms with Crippen LogP contribution in [-0.2, 0) is 11.3 Å². The maximum atomic E-state index is 11.9. The van der Waals surface area contributed by atoms with Crippen LogP contribution in [0.2, 0.25) is 0 Å². The van der Waals surface area contributed by atoms with Gasteiger partial charge in [0.05, 0.1) is 0 Å². The van der Waals surface area contributed by atoms with E-state index in [0.29, 0.717) is 13.0 Å². The second kappa shape index (κ2) is 9.36. The lowest BCUT2D eigenvalue weighted by molar-refractivity contribution is -0.131. The molecule has 0 fully saturated rings. The second-order valence-corrected chi connectivity index (χ2v) is 4.81. The number of nitrogens with one attached hydrogen (secondary N) is 1. The maximum Gasteiger partial charge on any atom is 0.224 e. The van der Waals surface area contributed by atoms with Crippen LogP contribution in [0.3, 0.4) is 0 Å². The second-order valence-electron chi connectivity index (χ2n) is 3.89. The number of rotatable bonds is 6. The van der Waals surface area contributed by atoms with Gasteiger partial charge < -0.3 is 10.2 Å². The van der Waals surface area contributed by atoms with Crippen LogP contribution in [0.1, 0.15) is 18.9 Å². The Hall–Kier alpha value is -0.580. The van der Waals surface area contributed by atoms with E-state index in [1.54, 1.807) is 0 Å². The lowest BCUT2D eigenvalue weighted by atomic mass is 10.2. The summed E-state index contributed by atoms with van der Waals surface area (Å²) in [5.41, 5.74) is 1.15. The van der Waals surface area contributed by atoms with Gasteiger partial charge in [-0.2, -0.15) is 0 Å². The summed E-state index contributed by atoms with van der Waals surface area (Å²) < 4.78 is 1.05. The van der Waals surface area contributed by atoms with Crippen LogP contribution in [0.25, 0.3) is 0 Å². The highest BCUT2D eigenvalue weighted by atomic mass is 79.9. The first-order chi connectivity index (χ1) is 8.17. The van der Waals surface area contributed by atoms with Gasteiger partial charge >= 0.3 is 0 Å². The summed E-state index contributed by atoms with van der Waals surface area (Å²) in [5.74, 6) is 0.196. The molecular weight excluding hydrogens is 316 g/mol. The Morgan fingerprint density at radius 2 is 2.17 bits per heavy atom. The van der Waals surface area contributed by atoms with Crippen molar-refractivity contribution in [2.24, 2.45) is 0 Å². The zero-order chi connectivity index (χ0) is 12.7. The van der Waals surface area contributed by atoms with E-state index < -0.39 is 0 Å². The SMILES string of the molecule is CCN(Cc1cccc(Br)c1)C(=O)CCNC.Cl. The highest BCUT2D eigenvalue weighted by Crippen LogP contribution is 2.13. The summed E-state index contributed by atoms with van der Waals surface area (Å²) in [4.78, 5) is 13.8. The fourth-order valence-corrected chi connectivity index (χ4v) is 2.07. The van der Waals surface area contributed by atoms with Gasteiger partial charge in [-0.1, -0.05) is 28.1 Å². The Bertz CT molecular complexity index is 374. The van der Waals surface area contributed by atoms with Crippen molar-refractivity contribution >= 4 is 34.2 Å². The number of amides is 1. The van der Waals surface area contributed by atoms with Gasteiger partial charge in [0.2, 0.25) is 5.91 Å². The molecule has 0 saturated heterocycles. The molecule has 0 spiro atoms. The van der Waals surface area contributed by atoms with Crippen LogP contribution >= 0.6 is 28.3 Å². The van der Waals surface area contributed by atoms with Crippen molar-refractivity contribution in [2.45, 2.75) is 19.9 Å². The summed E-state index contributed by atoms with van der Waals surface area (Å²) in [5, 5.41) is 3.00. The minimum absolute atomic E-state index is 0. The van der Waals surface area contributed by atoms with Gasteiger partial charge in [-0.25, -0.2) is 0 Å². The van der Waals surface area contributed by atoms with Crippen molar-refractivity contribution in [3.8, 4) is 0 Å². The molecule has 1 amide bonds. The number of carbonyl (C=O) groups excluding carboxylic acids is 1. The molecule has 0 aromatic heterocycles. The molecule has 18 heavy (non-hydrogen) atoms. The lowest BCUT2D eigenvalue weighted by Gasteiger charge is -2.21. The Kier molecular flexibility index (Phi) is 9.06. The van der Waals surface area contributed by atoms with Crippen LogP contribution in [0.5, 0.6) is 0 Å². The van der Waals surface area contributed by atoms with Gasteiger partial charge in [0.15, 0.2) is 0 Å². The van der Waals surface area contributed by atoms with Crippen molar-refractivity contribution in [1.82, 2.24) is 10.2 Å². The zero-order valence-electron chi connectivity index (χ0n) is 10.8. The van der Waals surface area contributed by atoms with E-state index >= 15 is 0 Å². The van der Waals surface area contributed by atoms with Crippen molar-refractivity contribution < 1.29 is 4.79 Å². The molecule has 0 radical (unpaired) electrons. The predicted octanol–water partition coefficient (Wildman–Crippen LogP) is 2.83. The van der Waals surface area contributed by atoms with Crippen molar-refractivity contribution in [2.75, 3.05) is 20.1 Å². The van der Waals surface area contributed by atoms with Gasteiger partial charge in [-0.05, 0) is 31.7 Å². The lowest BCUT2D eigenvalue weighted by Crippen LogP contribution is -2.32. The van der Waals surface area contributed by atoms with E-state index in [4.69, 9.17) is 0 Å². The Morgan fingerprint density at radius 3 is 2.72 bits per heavy atom. The summed E-state index contributed by atoms with van der Waals surface area (Å²) >= 11 is 3.44. The van der Waals surface area contributed by atoms with Crippen molar-refractivity contribution in [1.29, 1.82) is 0 Å². The number of hydrogen-bond donors (Lipinski definition) is 1. The minimum Gasteiger partial charge on any atom is -0.339 e. The van der Waals surface area contributed by atoms with Crippen LogP contribution in [0, 0.1) is 0 Å². The Balaban J connectivity index is 0.00000289. The first-order valence-electron chi connectivity index (χ1n) is 5.84. The fraction of sp³-hybridized carbons (Fsp3) is 0.462. The third-order valence-corrected chi connectivity index (χ3v) is 3.08. The molecule has 0 heterocycles. The van der Waals surface area contributed by atoms with E-state index in [1.165, 1.54) is 0 Å². The van der Waals surface area contributed by atoms with E-state index in [-0.39, 0.29) is 18.3 Å². The first kappa shape index (κ1) is 17.4. The summed E-state index contributed by atoms with van der Waals surface area (Å²) in [6.07, 6.45) is 0.554. The molecule has 0 atom stereocenters. The number of carbonyl (C=O) groups is 1. The monoisotopic (exact) mass is 334 g/mol. The van der Waals surface area contributed by atoms with Crippen LogP contribution in [-0.4, -0.2) is 30.9 Å². The van der Waals surface area contributed by atoms with E-state index in [0.717, 1.165) is 23.1 Å². The summed E-state index contributed by atoms with van der Waals surface area (Å²) in [6, 6.07) is 8.07.